The molecular weight excluding hydrogens is 442 g/mol. The minimum absolute atomic E-state index is 0.00113. The number of nitrogens with zero attached hydrogens (tertiary/aromatic N) is 4. The summed E-state index contributed by atoms with van der Waals surface area (Å²) in [4.78, 5) is 31.3. The summed E-state index contributed by atoms with van der Waals surface area (Å²) in [5, 5.41) is 17.1. The highest BCUT2D eigenvalue weighted by molar-refractivity contribution is 6.00. The van der Waals surface area contributed by atoms with E-state index in [1.165, 1.54) is 22.5 Å². The zero-order chi connectivity index (χ0) is 24.2. The average Bonchev–Trinajstić information content (AvgIpc) is 3.35. The van der Waals surface area contributed by atoms with E-state index in [0.29, 0.717) is 36.9 Å². The molecule has 2 aromatic heterocycles. The number of piperidine rings is 1. The van der Waals surface area contributed by atoms with Crippen LogP contribution in [0.25, 0.3) is 5.65 Å². The fraction of sp³-hybridized carbons (Fsp3) is 0.259. The number of likely N-dealkylation sites (tertiary alicyclic amines) is 1. The Bertz CT molecular complexity index is 1330. The van der Waals surface area contributed by atoms with Crippen LogP contribution in [-0.4, -0.2) is 56.1 Å². The van der Waals surface area contributed by atoms with Gasteiger partial charge in [0.25, 0.3) is 5.91 Å². The molecule has 0 atom stereocenters. The maximum Gasteiger partial charge on any atom is 0.341 e. The molecule has 0 unspecified atom stereocenters. The third kappa shape index (κ3) is 4.73. The van der Waals surface area contributed by atoms with Crippen LogP contribution in [-0.2, 0) is 6.42 Å². The minimum Gasteiger partial charge on any atom is -0.477 e. The van der Waals surface area contributed by atoms with E-state index < -0.39 is 5.97 Å². The Kier molecular flexibility index (Phi) is 6.43. The van der Waals surface area contributed by atoms with Crippen LogP contribution in [0, 0.1) is 0 Å². The van der Waals surface area contributed by atoms with Gasteiger partial charge in [-0.1, -0.05) is 60.7 Å². The maximum absolute atomic E-state index is 13.6. The lowest BCUT2D eigenvalue weighted by molar-refractivity contribution is 0.0695. The van der Waals surface area contributed by atoms with Crippen molar-refractivity contribution in [3.8, 4) is 0 Å². The number of nitrogens with one attached hydrogen (secondary N) is 1. The summed E-state index contributed by atoms with van der Waals surface area (Å²) in [6.45, 7) is 1.86. The first-order chi connectivity index (χ1) is 17.1. The number of aromatic carboxylic acids is 1. The number of hydrogen-bond donors (Lipinski definition) is 2. The van der Waals surface area contributed by atoms with Crippen molar-refractivity contribution in [2.45, 2.75) is 25.2 Å². The van der Waals surface area contributed by atoms with Crippen LogP contribution >= 0.6 is 0 Å². The molecule has 8 heteroatoms. The number of carboxylic acids is 1. The molecule has 2 aromatic carbocycles. The molecule has 1 aliphatic heterocycles. The Balaban J connectivity index is 1.38. The van der Waals surface area contributed by atoms with Gasteiger partial charge in [0, 0.05) is 25.8 Å². The van der Waals surface area contributed by atoms with Gasteiger partial charge in [0.15, 0.2) is 5.65 Å². The van der Waals surface area contributed by atoms with E-state index in [0.717, 1.165) is 24.8 Å². The molecule has 1 saturated heterocycles. The number of aromatic nitrogens is 3. The van der Waals surface area contributed by atoms with Gasteiger partial charge in [0.05, 0.1) is 6.20 Å². The SMILES string of the molecule is O=C(O)c1cnn2c(NCCc3ccccc3)c(C(=O)N3CCC(c4ccccc4)CC3)cnc12. The second kappa shape index (κ2) is 9.97. The molecule has 0 saturated carbocycles. The first-order valence-corrected chi connectivity index (χ1v) is 11.8. The Hall–Kier alpha value is -4.20. The first kappa shape index (κ1) is 22.6. The quantitative estimate of drug-likeness (QED) is 0.423. The molecule has 2 N–H and O–H groups in total. The summed E-state index contributed by atoms with van der Waals surface area (Å²) in [5.41, 5.74) is 3.07. The van der Waals surface area contributed by atoms with Crippen LogP contribution in [0.1, 0.15) is 50.6 Å². The van der Waals surface area contributed by atoms with Crippen LogP contribution in [0.2, 0.25) is 0 Å². The van der Waals surface area contributed by atoms with Crippen LogP contribution < -0.4 is 5.32 Å². The molecule has 178 valence electrons. The molecule has 1 fully saturated rings. The Morgan fingerprint density at radius 1 is 0.943 bits per heavy atom. The van der Waals surface area contributed by atoms with Gasteiger partial charge in [-0.15, -0.1) is 0 Å². The topological polar surface area (TPSA) is 99.8 Å². The third-order valence-corrected chi connectivity index (χ3v) is 6.59. The molecule has 0 bridgehead atoms. The molecule has 0 aliphatic carbocycles. The zero-order valence-corrected chi connectivity index (χ0v) is 19.3. The predicted octanol–water partition coefficient (Wildman–Crippen LogP) is 4.10. The van der Waals surface area contributed by atoms with Crippen molar-refractivity contribution >= 4 is 23.3 Å². The summed E-state index contributed by atoms with van der Waals surface area (Å²) in [7, 11) is 0. The smallest absolute Gasteiger partial charge is 0.341 e. The van der Waals surface area contributed by atoms with Gasteiger partial charge in [-0.2, -0.15) is 9.61 Å². The number of fused-ring (bicyclic) bond motifs is 1. The molecule has 1 amide bonds. The Morgan fingerprint density at radius 2 is 1.63 bits per heavy atom. The fourth-order valence-corrected chi connectivity index (χ4v) is 4.69. The number of hydrogen-bond acceptors (Lipinski definition) is 5. The lowest BCUT2D eigenvalue weighted by Gasteiger charge is -2.32. The van der Waals surface area contributed by atoms with Gasteiger partial charge in [0.2, 0.25) is 0 Å². The summed E-state index contributed by atoms with van der Waals surface area (Å²) in [6.07, 6.45) is 5.28. The number of benzene rings is 2. The highest BCUT2D eigenvalue weighted by Crippen LogP contribution is 2.29. The Labute approximate surface area is 203 Å². The van der Waals surface area contributed by atoms with Gasteiger partial charge in [-0.25, -0.2) is 9.78 Å². The number of carbonyl (C=O) groups excluding carboxylic acids is 1. The van der Waals surface area contributed by atoms with Crippen molar-refractivity contribution in [2.24, 2.45) is 0 Å². The molecule has 3 heterocycles. The van der Waals surface area contributed by atoms with Crippen molar-refractivity contribution in [3.63, 3.8) is 0 Å². The molecule has 4 aromatic rings. The van der Waals surface area contributed by atoms with Crippen molar-refractivity contribution in [2.75, 3.05) is 25.0 Å². The molecule has 8 nitrogen and oxygen atoms in total. The highest BCUT2D eigenvalue weighted by Gasteiger charge is 2.28. The number of amides is 1. The predicted molar refractivity (Wildman–Crippen MR) is 133 cm³/mol. The van der Waals surface area contributed by atoms with Crippen molar-refractivity contribution in [1.29, 1.82) is 0 Å². The summed E-state index contributed by atoms with van der Waals surface area (Å²) in [5.74, 6) is -0.326. The Morgan fingerprint density at radius 3 is 2.31 bits per heavy atom. The summed E-state index contributed by atoms with van der Waals surface area (Å²) < 4.78 is 1.43. The summed E-state index contributed by atoms with van der Waals surface area (Å²) in [6, 6.07) is 20.4. The monoisotopic (exact) mass is 469 g/mol. The van der Waals surface area contributed by atoms with Crippen molar-refractivity contribution < 1.29 is 14.7 Å². The van der Waals surface area contributed by atoms with E-state index in [2.05, 4.69) is 39.7 Å². The largest absolute Gasteiger partial charge is 0.477 e. The van der Waals surface area contributed by atoms with E-state index >= 15 is 0 Å². The number of carboxylic acid groups (broad SMARTS) is 1. The van der Waals surface area contributed by atoms with Crippen molar-refractivity contribution in [1.82, 2.24) is 19.5 Å². The number of anilines is 1. The number of carbonyl (C=O) groups is 2. The zero-order valence-electron chi connectivity index (χ0n) is 19.3. The number of rotatable bonds is 7. The van der Waals surface area contributed by atoms with Gasteiger partial charge < -0.3 is 15.3 Å². The van der Waals surface area contributed by atoms with E-state index in [4.69, 9.17) is 0 Å². The van der Waals surface area contributed by atoms with Crippen LogP contribution in [0.3, 0.4) is 0 Å². The van der Waals surface area contributed by atoms with E-state index in [1.807, 2.05) is 41.3 Å². The van der Waals surface area contributed by atoms with E-state index in [-0.39, 0.29) is 17.1 Å². The van der Waals surface area contributed by atoms with Crippen LogP contribution in [0.4, 0.5) is 5.82 Å². The standard InChI is InChI=1S/C27H27N5O3/c33-26(31-15-12-21(13-16-31)20-9-5-2-6-10-20)22-17-29-25-23(27(34)35)18-30-32(25)24(22)28-14-11-19-7-3-1-4-8-19/h1-10,17-18,21,28H,11-16H2,(H,34,35). The highest BCUT2D eigenvalue weighted by atomic mass is 16.4. The van der Waals surface area contributed by atoms with Gasteiger partial charge in [-0.3, -0.25) is 4.79 Å². The normalized spacial score (nSPS) is 14.2. The molecule has 0 radical (unpaired) electrons. The van der Waals surface area contributed by atoms with Gasteiger partial charge >= 0.3 is 5.97 Å². The maximum atomic E-state index is 13.6. The second-order valence-electron chi connectivity index (χ2n) is 8.76. The molecular formula is C27H27N5O3. The molecule has 1 aliphatic rings. The van der Waals surface area contributed by atoms with Crippen LogP contribution in [0.15, 0.2) is 73.1 Å². The lowest BCUT2D eigenvalue weighted by atomic mass is 9.89. The molecule has 5 rings (SSSR count). The molecule has 0 spiro atoms. The van der Waals surface area contributed by atoms with Gasteiger partial charge in [0.1, 0.15) is 16.9 Å². The van der Waals surface area contributed by atoms with E-state index in [1.54, 1.807) is 0 Å². The average molecular weight is 470 g/mol. The second-order valence-corrected chi connectivity index (χ2v) is 8.76. The minimum atomic E-state index is -1.11. The lowest BCUT2D eigenvalue weighted by Crippen LogP contribution is -2.38. The third-order valence-electron chi connectivity index (χ3n) is 6.59. The summed E-state index contributed by atoms with van der Waals surface area (Å²) >= 11 is 0. The fourth-order valence-electron chi connectivity index (χ4n) is 4.69. The van der Waals surface area contributed by atoms with Gasteiger partial charge in [-0.05, 0) is 36.3 Å². The first-order valence-electron chi connectivity index (χ1n) is 11.8. The van der Waals surface area contributed by atoms with E-state index in [9.17, 15) is 14.7 Å². The van der Waals surface area contributed by atoms with Crippen LogP contribution in [0.5, 0.6) is 0 Å². The molecule has 35 heavy (non-hydrogen) atoms. The van der Waals surface area contributed by atoms with Crippen molar-refractivity contribution in [3.05, 3.63) is 95.3 Å².